The number of hydrogen-bond acceptors (Lipinski definition) is 7. The molecule has 0 saturated heterocycles. The predicted molar refractivity (Wildman–Crippen MR) is 107 cm³/mol. The lowest BCUT2D eigenvalue weighted by molar-refractivity contribution is 0.168. The number of nitrogens with zero attached hydrogens (tertiary/aromatic N) is 1. The van der Waals surface area contributed by atoms with Gasteiger partial charge < -0.3 is 13.6 Å². The van der Waals surface area contributed by atoms with Crippen molar-refractivity contribution in [3.63, 3.8) is 0 Å². The predicted octanol–water partition coefficient (Wildman–Crippen LogP) is 4.79. The van der Waals surface area contributed by atoms with E-state index in [9.17, 15) is 9.59 Å². The van der Waals surface area contributed by atoms with Crippen LogP contribution in [0.25, 0.3) is 22.1 Å². The van der Waals surface area contributed by atoms with E-state index in [0.717, 1.165) is 22.0 Å². The normalized spacial score (nSPS) is 11.0. The Labute approximate surface area is 163 Å². The van der Waals surface area contributed by atoms with Gasteiger partial charge in [0.15, 0.2) is 5.58 Å². The van der Waals surface area contributed by atoms with Crippen molar-refractivity contribution in [2.24, 2.45) is 0 Å². The molecule has 0 saturated carbocycles. The van der Waals surface area contributed by atoms with Gasteiger partial charge >= 0.3 is 11.7 Å². The van der Waals surface area contributed by atoms with Gasteiger partial charge in [-0.15, -0.1) is 0 Å². The molecule has 0 bridgehead atoms. The number of para-hydroxylation sites is 2. The third kappa shape index (κ3) is 3.86. The fraction of sp³-hybridized carbons (Fsp3) is 0.150. The zero-order chi connectivity index (χ0) is 19.5. The number of benzene rings is 2. The van der Waals surface area contributed by atoms with Crippen LogP contribution in [0.15, 0.2) is 67.4 Å². The molecule has 2 aromatic carbocycles. The van der Waals surface area contributed by atoms with E-state index in [2.05, 4.69) is 10.3 Å². The molecular weight excluding hydrogens is 380 g/mol. The Morgan fingerprint density at radius 3 is 2.82 bits per heavy atom. The highest BCUT2D eigenvalue weighted by Gasteiger charge is 2.11. The van der Waals surface area contributed by atoms with Gasteiger partial charge in [-0.05, 0) is 36.8 Å². The van der Waals surface area contributed by atoms with Crippen LogP contribution in [0.3, 0.4) is 0 Å². The quantitative estimate of drug-likeness (QED) is 0.383. The van der Waals surface area contributed by atoms with E-state index < -0.39 is 11.7 Å². The van der Waals surface area contributed by atoms with Gasteiger partial charge in [-0.1, -0.05) is 23.9 Å². The van der Waals surface area contributed by atoms with Gasteiger partial charge in [0.2, 0.25) is 0 Å². The summed E-state index contributed by atoms with van der Waals surface area (Å²) in [5.74, 6) is 0.486. The smallest absolute Gasteiger partial charge is 0.411 e. The van der Waals surface area contributed by atoms with Crippen LogP contribution in [0, 0.1) is 0 Å². The maximum atomic E-state index is 12.0. The summed E-state index contributed by atoms with van der Waals surface area (Å²) in [6.07, 6.45) is -0.563. The number of nitrogens with one attached hydrogen (secondary N) is 1. The van der Waals surface area contributed by atoms with E-state index in [1.807, 2.05) is 24.3 Å². The molecule has 1 N–H and O–H groups in total. The maximum Gasteiger partial charge on any atom is 0.411 e. The number of ether oxygens (including phenoxy) is 1. The highest BCUT2D eigenvalue weighted by Crippen LogP contribution is 2.29. The summed E-state index contributed by atoms with van der Waals surface area (Å²) in [4.78, 5) is 28.0. The lowest BCUT2D eigenvalue weighted by Gasteiger charge is -2.08. The van der Waals surface area contributed by atoms with Gasteiger partial charge in [-0.3, -0.25) is 5.32 Å². The first kappa shape index (κ1) is 18.1. The van der Waals surface area contributed by atoms with Crippen molar-refractivity contribution in [2.45, 2.75) is 17.9 Å². The zero-order valence-electron chi connectivity index (χ0n) is 14.9. The number of fused-ring (bicyclic) bond motifs is 2. The van der Waals surface area contributed by atoms with E-state index in [4.69, 9.17) is 13.6 Å². The number of carbonyl (C=O) groups is 1. The molecule has 28 heavy (non-hydrogen) atoms. The molecule has 1 amide bonds. The van der Waals surface area contributed by atoms with Crippen molar-refractivity contribution in [3.05, 3.63) is 64.5 Å². The molecule has 7 nitrogen and oxygen atoms in total. The second-order valence-corrected chi connectivity index (χ2v) is 6.81. The molecule has 0 aliphatic heterocycles. The Morgan fingerprint density at radius 2 is 2.00 bits per heavy atom. The molecular formula is C20H16N2O5S. The van der Waals surface area contributed by atoms with E-state index in [-0.39, 0.29) is 6.61 Å². The van der Waals surface area contributed by atoms with E-state index >= 15 is 0 Å². The Balaban J connectivity index is 1.59. The number of thioether (sulfide) groups is 1. The summed E-state index contributed by atoms with van der Waals surface area (Å²) in [5.41, 5.74) is 2.71. The van der Waals surface area contributed by atoms with Crippen molar-refractivity contribution in [2.75, 3.05) is 11.9 Å². The zero-order valence-corrected chi connectivity index (χ0v) is 15.7. The lowest BCUT2D eigenvalue weighted by Crippen LogP contribution is -2.13. The molecule has 0 aliphatic carbocycles. The molecule has 4 aromatic rings. The molecule has 0 atom stereocenters. The second-order valence-electron chi connectivity index (χ2n) is 5.88. The second kappa shape index (κ2) is 7.77. The van der Waals surface area contributed by atoms with Crippen LogP contribution >= 0.6 is 11.8 Å². The summed E-state index contributed by atoms with van der Waals surface area (Å²) in [5, 5.41) is 3.90. The van der Waals surface area contributed by atoms with Gasteiger partial charge in [0.05, 0.1) is 6.61 Å². The first-order valence-electron chi connectivity index (χ1n) is 8.61. The van der Waals surface area contributed by atoms with Crippen molar-refractivity contribution >= 4 is 45.6 Å². The highest BCUT2D eigenvalue weighted by atomic mass is 32.2. The van der Waals surface area contributed by atoms with Crippen LogP contribution in [-0.2, 0) is 10.5 Å². The fourth-order valence-corrected chi connectivity index (χ4v) is 3.59. The van der Waals surface area contributed by atoms with Crippen molar-refractivity contribution in [1.82, 2.24) is 4.98 Å². The van der Waals surface area contributed by atoms with E-state index in [1.165, 1.54) is 17.8 Å². The van der Waals surface area contributed by atoms with Crippen molar-refractivity contribution in [3.8, 4) is 0 Å². The summed E-state index contributed by atoms with van der Waals surface area (Å²) >= 11 is 1.40. The first-order valence-corrected chi connectivity index (χ1v) is 9.60. The van der Waals surface area contributed by atoms with Crippen LogP contribution in [0.5, 0.6) is 0 Å². The van der Waals surface area contributed by atoms with E-state index in [1.54, 1.807) is 25.1 Å². The topological polar surface area (TPSA) is 94.6 Å². The average molecular weight is 396 g/mol. The van der Waals surface area contributed by atoms with Crippen LogP contribution in [-0.4, -0.2) is 17.7 Å². The van der Waals surface area contributed by atoms with Crippen molar-refractivity contribution < 1.29 is 18.4 Å². The highest BCUT2D eigenvalue weighted by molar-refractivity contribution is 7.98. The Hall–Kier alpha value is -3.26. The lowest BCUT2D eigenvalue weighted by atomic mass is 10.1. The fourth-order valence-electron chi connectivity index (χ4n) is 2.76. The summed E-state index contributed by atoms with van der Waals surface area (Å²) in [6.45, 7) is 1.99. The van der Waals surface area contributed by atoms with Gasteiger partial charge in [-0.2, -0.15) is 0 Å². The van der Waals surface area contributed by atoms with E-state index in [0.29, 0.717) is 22.2 Å². The molecule has 2 aromatic heterocycles. The summed E-state index contributed by atoms with van der Waals surface area (Å²) in [7, 11) is 0. The number of aromatic nitrogens is 1. The summed E-state index contributed by atoms with van der Waals surface area (Å²) < 4.78 is 15.9. The van der Waals surface area contributed by atoms with Gasteiger partial charge in [0, 0.05) is 29.0 Å². The third-order valence-electron chi connectivity index (χ3n) is 3.98. The molecule has 0 unspecified atom stereocenters. The number of amides is 1. The molecule has 0 spiro atoms. The molecule has 0 radical (unpaired) electrons. The Bertz CT molecular complexity index is 1180. The standard InChI is InChI=1S/C20H16N2O5S/c1-2-25-19(24)21-13-7-8-14-12(9-18(23)26-17(14)10-13)11-28-20-22-15-5-3-4-6-16(15)27-20/h3-10H,2,11H2,1H3,(H,21,24). The number of hydrogen-bond donors (Lipinski definition) is 1. The van der Waals surface area contributed by atoms with Crippen LogP contribution < -0.4 is 10.9 Å². The SMILES string of the molecule is CCOC(=O)Nc1ccc2c(CSc3nc4ccccc4o3)cc(=O)oc2c1. The van der Waals surface area contributed by atoms with Crippen LogP contribution in [0.4, 0.5) is 10.5 Å². The molecule has 0 fully saturated rings. The van der Waals surface area contributed by atoms with Crippen molar-refractivity contribution in [1.29, 1.82) is 0 Å². The Morgan fingerprint density at radius 1 is 1.14 bits per heavy atom. The maximum absolute atomic E-state index is 12.0. The van der Waals surface area contributed by atoms with Gasteiger partial charge in [0.1, 0.15) is 11.1 Å². The number of carbonyl (C=O) groups excluding carboxylic acids is 1. The molecule has 0 aliphatic rings. The number of oxazole rings is 1. The largest absolute Gasteiger partial charge is 0.450 e. The minimum Gasteiger partial charge on any atom is -0.450 e. The van der Waals surface area contributed by atoms with Gasteiger partial charge in [0.25, 0.3) is 5.22 Å². The third-order valence-corrected chi connectivity index (χ3v) is 4.85. The molecule has 142 valence electrons. The first-order chi connectivity index (χ1) is 13.6. The Kier molecular flexibility index (Phi) is 5.03. The van der Waals surface area contributed by atoms with Crippen LogP contribution in [0.2, 0.25) is 0 Å². The molecule has 4 rings (SSSR count). The molecule has 2 heterocycles. The minimum absolute atomic E-state index is 0.270. The minimum atomic E-state index is -0.563. The molecule has 8 heteroatoms. The monoisotopic (exact) mass is 396 g/mol. The van der Waals surface area contributed by atoms with Crippen LogP contribution in [0.1, 0.15) is 12.5 Å². The van der Waals surface area contributed by atoms with Gasteiger partial charge in [-0.25, -0.2) is 14.6 Å². The average Bonchev–Trinajstić information content (AvgIpc) is 3.09. The summed E-state index contributed by atoms with van der Waals surface area (Å²) in [6, 6.07) is 14.1. The number of rotatable bonds is 5. The number of anilines is 1.